The molecule has 1 aliphatic rings. The third kappa shape index (κ3) is 3.90. The number of benzene rings is 1. The fourth-order valence-electron chi connectivity index (χ4n) is 2.92. The highest BCUT2D eigenvalue weighted by molar-refractivity contribution is 7.92. The van der Waals surface area contributed by atoms with Crippen molar-refractivity contribution < 1.29 is 21.6 Å². The van der Waals surface area contributed by atoms with Crippen LogP contribution in [-0.2, 0) is 16.2 Å². The Morgan fingerprint density at radius 2 is 1.97 bits per heavy atom. The van der Waals surface area contributed by atoms with Gasteiger partial charge in [-0.15, -0.1) is 0 Å². The zero-order valence-corrected chi connectivity index (χ0v) is 15.5. The molecule has 2 aromatic heterocycles. The van der Waals surface area contributed by atoms with Gasteiger partial charge in [0.2, 0.25) is 0 Å². The Morgan fingerprint density at radius 3 is 2.55 bits per heavy atom. The van der Waals surface area contributed by atoms with Crippen LogP contribution in [-0.4, -0.2) is 33.4 Å². The number of hydrogen-bond acceptors (Lipinski definition) is 5. The van der Waals surface area contributed by atoms with Crippen molar-refractivity contribution in [3.8, 4) is 11.4 Å². The Morgan fingerprint density at radius 1 is 1.21 bits per heavy atom. The van der Waals surface area contributed by atoms with Gasteiger partial charge in [0.15, 0.2) is 5.82 Å². The highest BCUT2D eigenvalue weighted by atomic mass is 32.2. The fraction of sp³-hybridized carbons (Fsp3) is 0.312. The van der Waals surface area contributed by atoms with Crippen molar-refractivity contribution in [1.82, 2.24) is 25.0 Å². The van der Waals surface area contributed by atoms with Gasteiger partial charge in [-0.25, -0.2) is 18.3 Å². The standard InChI is InChI=1S/C16H15F3N6O3S/c17-16(18,19)10-4-9(14-21-15(26)23-22-14)5-11(6-10)24-29(27,28)13-7-20-25(8-13)12-2-1-3-12/h4-8,12,24H,1-3H2,(H2,21,22,23,26). The van der Waals surface area contributed by atoms with Crippen LogP contribution in [0.25, 0.3) is 11.4 Å². The van der Waals surface area contributed by atoms with Gasteiger partial charge in [0.25, 0.3) is 10.0 Å². The molecule has 4 rings (SSSR count). The van der Waals surface area contributed by atoms with Gasteiger partial charge in [0, 0.05) is 11.8 Å². The summed E-state index contributed by atoms with van der Waals surface area (Å²) in [6, 6.07) is 2.71. The molecule has 154 valence electrons. The zero-order chi connectivity index (χ0) is 20.8. The van der Waals surface area contributed by atoms with Crippen molar-refractivity contribution in [3.63, 3.8) is 0 Å². The molecule has 0 saturated heterocycles. The first-order chi connectivity index (χ1) is 13.6. The quantitative estimate of drug-likeness (QED) is 0.576. The smallest absolute Gasteiger partial charge is 0.289 e. The molecule has 0 bridgehead atoms. The second-order valence-electron chi connectivity index (χ2n) is 6.67. The number of H-pyrrole nitrogens is 2. The van der Waals surface area contributed by atoms with E-state index in [1.54, 1.807) is 4.68 Å². The maximum absolute atomic E-state index is 13.3. The van der Waals surface area contributed by atoms with Gasteiger partial charge in [-0.1, -0.05) is 0 Å². The third-order valence-corrected chi connectivity index (χ3v) is 5.96. The molecule has 0 atom stereocenters. The molecule has 0 unspecified atom stereocenters. The average Bonchev–Trinajstić information content (AvgIpc) is 3.21. The second kappa shape index (κ2) is 6.76. The van der Waals surface area contributed by atoms with Crippen LogP contribution in [0, 0.1) is 0 Å². The first-order valence-corrected chi connectivity index (χ1v) is 10.0. The molecular weight excluding hydrogens is 413 g/mol. The minimum absolute atomic E-state index is 0.110. The third-order valence-electron chi connectivity index (χ3n) is 4.62. The molecule has 1 fully saturated rings. The largest absolute Gasteiger partial charge is 0.416 e. The lowest BCUT2D eigenvalue weighted by atomic mass is 9.93. The molecule has 13 heteroatoms. The minimum Gasteiger partial charge on any atom is -0.289 e. The van der Waals surface area contributed by atoms with Crippen LogP contribution in [0.2, 0.25) is 0 Å². The van der Waals surface area contributed by atoms with Crippen molar-refractivity contribution in [3.05, 3.63) is 46.6 Å². The number of nitrogens with zero attached hydrogens (tertiary/aromatic N) is 3. The molecule has 2 heterocycles. The average molecular weight is 428 g/mol. The fourth-order valence-corrected chi connectivity index (χ4v) is 3.90. The number of anilines is 1. The van der Waals surface area contributed by atoms with Gasteiger partial charge in [0.1, 0.15) is 4.90 Å². The van der Waals surface area contributed by atoms with E-state index in [4.69, 9.17) is 0 Å². The normalized spacial score (nSPS) is 15.3. The van der Waals surface area contributed by atoms with Gasteiger partial charge >= 0.3 is 11.9 Å². The molecular formula is C16H15F3N6O3S. The van der Waals surface area contributed by atoms with Crippen LogP contribution >= 0.6 is 0 Å². The Hall–Kier alpha value is -3.09. The number of sulfonamides is 1. The SMILES string of the molecule is O=c1[nH]nc(-c2cc(NS(=O)(=O)c3cnn(C4CCC4)c3)cc(C(F)(F)F)c2)[nH]1. The molecule has 1 aliphatic carbocycles. The van der Waals surface area contributed by atoms with Gasteiger partial charge < -0.3 is 0 Å². The number of halogens is 3. The molecule has 1 saturated carbocycles. The molecule has 3 N–H and O–H groups in total. The summed E-state index contributed by atoms with van der Waals surface area (Å²) < 4.78 is 68.8. The summed E-state index contributed by atoms with van der Waals surface area (Å²) in [5.41, 5.74) is -2.24. The number of hydrogen-bond donors (Lipinski definition) is 3. The van der Waals surface area contributed by atoms with Gasteiger partial charge in [0.05, 0.1) is 23.5 Å². The number of nitrogens with one attached hydrogen (secondary N) is 3. The first-order valence-electron chi connectivity index (χ1n) is 8.56. The number of rotatable bonds is 5. The topological polar surface area (TPSA) is 126 Å². The van der Waals surface area contributed by atoms with Crippen LogP contribution in [0.15, 0.2) is 40.3 Å². The molecule has 1 aromatic carbocycles. The van der Waals surface area contributed by atoms with E-state index in [0.717, 1.165) is 37.6 Å². The highest BCUT2D eigenvalue weighted by Gasteiger charge is 2.32. The summed E-state index contributed by atoms with van der Waals surface area (Å²) in [5.74, 6) is -0.153. The zero-order valence-electron chi connectivity index (χ0n) is 14.7. The summed E-state index contributed by atoms with van der Waals surface area (Å²) in [7, 11) is -4.17. The van der Waals surface area contributed by atoms with E-state index < -0.39 is 27.5 Å². The van der Waals surface area contributed by atoms with Gasteiger partial charge in [-0.2, -0.15) is 23.4 Å². The van der Waals surface area contributed by atoms with E-state index in [-0.39, 0.29) is 28.0 Å². The first kappa shape index (κ1) is 19.2. The van der Waals surface area contributed by atoms with Crippen LogP contribution in [0.3, 0.4) is 0 Å². The summed E-state index contributed by atoms with van der Waals surface area (Å²) >= 11 is 0. The minimum atomic E-state index is -4.73. The van der Waals surface area contributed by atoms with Crippen molar-refractivity contribution in [2.45, 2.75) is 36.4 Å². The summed E-state index contributed by atoms with van der Waals surface area (Å²) in [6.07, 6.45) is 0.599. The molecule has 0 aliphatic heterocycles. The molecule has 9 nitrogen and oxygen atoms in total. The van der Waals surface area contributed by atoms with Crippen LogP contribution in [0.4, 0.5) is 18.9 Å². The van der Waals surface area contributed by atoms with Crippen LogP contribution in [0.1, 0.15) is 30.9 Å². The Kier molecular flexibility index (Phi) is 4.48. The van der Waals surface area contributed by atoms with Crippen molar-refractivity contribution >= 4 is 15.7 Å². The van der Waals surface area contributed by atoms with Crippen molar-refractivity contribution in [1.29, 1.82) is 0 Å². The van der Waals surface area contributed by atoms with Crippen LogP contribution < -0.4 is 10.4 Å². The van der Waals surface area contributed by atoms with E-state index in [1.165, 1.54) is 6.20 Å². The van der Waals surface area contributed by atoms with Crippen molar-refractivity contribution in [2.24, 2.45) is 0 Å². The van der Waals surface area contributed by atoms with E-state index in [0.29, 0.717) is 6.07 Å². The predicted octanol–water partition coefficient (Wildman–Crippen LogP) is 2.51. The monoisotopic (exact) mass is 428 g/mol. The molecule has 0 radical (unpaired) electrons. The Bertz CT molecular complexity index is 1210. The van der Waals surface area contributed by atoms with E-state index >= 15 is 0 Å². The second-order valence-corrected chi connectivity index (χ2v) is 8.35. The maximum Gasteiger partial charge on any atom is 0.416 e. The lowest BCUT2D eigenvalue weighted by molar-refractivity contribution is -0.137. The predicted molar refractivity (Wildman–Crippen MR) is 95.6 cm³/mol. The maximum atomic E-state index is 13.3. The molecule has 0 spiro atoms. The molecule has 0 amide bonds. The van der Waals surface area contributed by atoms with Gasteiger partial charge in [-0.3, -0.25) is 14.4 Å². The van der Waals surface area contributed by atoms with E-state index in [2.05, 4.69) is 25.0 Å². The van der Waals surface area contributed by atoms with Crippen molar-refractivity contribution in [2.75, 3.05) is 4.72 Å². The summed E-state index contributed by atoms with van der Waals surface area (Å²) in [4.78, 5) is 13.3. The van der Waals surface area contributed by atoms with E-state index in [9.17, 15) is 26.4 Å². The highest BCUT2D eigenvalue weighted by Crippen LogP contribution is 2.35. The summed E-state index contributed by atoms with van der Waals surface area (Å²) in [6.45, 7) is 0. The van der Waals surface area contributed by atoms with E-state index in [1.807, 2.05) is 0 Å². The molecule has 3 aromatic rings. The van der Waals surface area contributed by atoms with Crippen LogP contribution in [0.5, 0.6) is 0 Å². The number of aromatic nitrogens is 5. The summed E-state index contributed by atoms with van der Waals surface area (Å²) in [5, 5.41) is 9.68. The number of alkyl halides is 3. The van der Waals surface area contributed by atoms with Gasteiger partial charge in [-0.05, 0) is 37.5 Å². The Labute approximate surface area is 162 Å². The number of aromatic amines is 2. The lowest BCUT2D eigenvalue weighted by Gasteiger charge is -2.25. The lowest BCUT2D eigenvalue weighted by Crippen LogP contribution is -2.17. The molecule has 29 heavy (non-hydrogen) atoms. The Balaban J connectivity index is 1.69.